The van der Waals surface area contributed by atoms with E-state index in [2.05, 4.69) is 54.3 Å². The number of nitrogens with two attached hydrogens (primary N) is 1. The van der Waals surface area contributed by atoms with Crippen LogP contribution < -0.4 is 5.73 Å². The van der Waals surface area contributed by atoms with Crippen LogP contribution in [0.4, 0.5) is 0 Å². The van der Waals surface area contributed by atoms with E-state index in [9.17, 15) is 5.11 Å². The van der Waals surface area contributed by atoms with Gasteiger partial charge in [0.1, 0.15) is 0 Å². The lowest BCUT2D eigenvalue weighted by molar-refractivity contribution is -0.0936. The first kappa shape index (κ1) is 25.5. The van der Waals surface area contributed by atoms with Crippen molar-refractivity contribution in [2.75, 3.05) is 13.2 Å². The van der Waals surface area contributed by atoms with Crippen LogP contribution >= 0.6 is 0 Å². The summed E-state index contributed by atoms with van der Waals surface area (Å²) in [6.45, 7) is 22.8. The van der Waals surface area contributed by atoms with E-state index in [0.717, 1.165) is 44.8 Å². The van der Waals surface area contributed by atoms with E-state index in [1.165, 1.54) is 31.3 Å². The van der Waals surface area contributed by atoms with Crippen molar-refractivity contribution in [1.29, 1.82) is 0 Å². The van der Waals surface area contributed by atoms with Gasteiger partial charge < -0.3 is 15.3 Å². The Morgan fingerprint density at radius 3 is 2.42 bits per heavy atom. The standard InChI is InChI=1S/C27H51NO2Si/c1-19-9-10-23-22(13-16-28)24(12-15-26(19,23)5)27(6)14-11-21(29)17-20(27)18-30-31(7,8)25(2,3)4/h20-24,29H,1,9-18,28H2,2-8H3/t20-,21+,22+,23+,24+,26-,27+/m1/s1. The molecule has 0 amide bonds. The van der Waals surface area contributed by atoms with Crippen LogP contribution in [-0.4, -0.2) is 32.7 Å². The third-order valence-corrected chi connectivity index (χ3v) is 15.2. The number of aliphatic hydroxyl groups is 1. The maximum atomic E-state index is 10.6. The molecule has 3 aliphatic rings. The molecule has 0 saturated heterocycles. The van der Waals surface area contributed by atoms with Crippen LogP contribution in [0, 0.1) is 34.5 Å². The van der Waals surface area contributed by atoms with E-state index < -0.39 is 8.32 Å². The Labute approximate surface area is 193 Å². The minimum absolute atomic E-state index is 0.172. The van der Waals surface area contributed by atoms with Crippen LogP contribution in [0.5, 0.6) is 0 Å². The highest BCUT2D eigenvalue weighted by Gasteiger charge is 2.56. The maximum Gasteiger partial charge on any atom is 0.191 e. The second-order valence-corrected chi connectivity index (χ2v) is 18.1. The SMILES string of the molecule is C=C1CC[C@H]2[C@H](CCN)[C@@H]([C@@]3(C)CC[C@H](O)C[C@@H]3CO[Si](C)(C)C(C)(C)C)CC[C@]12C. The molecule has 0 aromatic carbocycles. The summed E-state index contributed by atoms with van der Waals surface area (Å²) in [4.78, 5) is 0. The normalized spacial score (nSPS) is 42.0. The monoisotopic (exact) mass is 449 g/mol. The number of rotatable bonds is 6. The highest BCUT2D eigenvalue weighted by molar-refractivity contribution is 6.74. The van der Waals surface area contributed by atoms with Crippen LogP contribution in [0.15, 0.2) is 12.2 Å². The largest absolute Gasteiger partial charge is 0.417 e. The molecule has 180 valence electrons. The number of fused-ring (bicyclic) bond motifs is 1. The zero-order valence-electron chi connectivity index (χ0n) is 21.6. The van der Waals surface area contributed by atoms with Crippen LogP contribution in [0.3, 0.4) is 0 Å². The molecule has 0 aromatic rings. The van der Waals surface area contributed by atoms with Gasteiger partial charge in [0.05, 0.1) is 6.10 Å². The van der Waals surface area contributed by atoms with Crippen molar-refractivity contribution in [3.63, 3.8) is 0 Å². The molecular weight excluding hydrogens is 398 g/mol. The summed E-state index contributed by atoms with van der Waals surface area (Å²) in [7, 11) is -1.81. The average molecular weight is 450 g/mol. The Kier molecular flexibility index (Phi) is 7.30. The Bertz CT molecular complexity index is 656. The lowest BCUT2D eigenvalue weighted by Crippen LogP contribution is -2.52. The van der Waals surface area contributed by atoms with Gasteiger partial charge in [0.15, 0.2) is 8.32 Å². The zero-order chi connectivity index (χ0) is 23.2. The first-order valence-electron chi connectivity index (χ1n) is 13.0. The van der Waals surface area contributed by atoms with Crippen molar-refractivity contribution in [3.05, 3.63) is 12.2 Å². The Hall–Kier alpha value is -0.163. The second kappa shape index (κ2) is 8.89. The van der Waals surface area contributed by atoms with Crippen molar-refractivity contribution in [2.24, 2.45) is 40.2 Å². The lowest BCUT2D eigenvalue weighted by Gasteiger charge is -2.57. The molecule has 0 aliphatic heterocycles. The van der Waals surface area contributed by atoms with Crippen molar-refractivity contribution in [1.82, 2.24) is 0 Å². The predicted molar refractivity (Wildman–Crippen MR) is 134 cm³/mol. The summed E-state index contributed by atoms with van der Waals surface area (Å²) < 4.78 is 6.78. The molecular formula is C27H51NO2Si. The topological polar surface area (TPSA) is 55.5 Å². The van der Waals surface area contributed by atoms with Gasteiger partial charge in [0.2, 0.25) is 0 Å². The van der Waals surface area contributed by atoms with E-state index in [1.54, 1.807) is 0 Å². The predicted octanol–water partition coefficient (Wildman–Crippen LogP) is 6.52. The van der Waals surface area contributed by atoms with Crippen LogP contribution in [0.25, 0.3) is 0 Å². The van der Waals surface area contributed by atoms with E-state index in [1.807, 2.05) is 0 Å². The molecule has 7 atom stereocenters. The molecule has 31 heavy (non-hydrogen) atoms. The third kappa shape index (κ3) is 4.61. The maximum absolute atomic E-state index is 10.6. The van der Waals surface area contributed by atoms with Crippen molar-refractivity contribution >= 4 is 8.32 Å². The second-order valence-electron chi connectivity index (χ2n) is 13.3. The highest BCUT2D eigenvalue weighted by Crippen LogP contribution is 2.64. The lowest BCUT2D eigenvalue weighted by atomic mass is 9.49. The van der Waals surface area contributed by atoms with Gasteiger partial charge in [-0.2, -0.15) is 0 Å². The fourth-order valence-corrected chi connectivity index (χ4v) is 8.33. The smallest absolute Gasteiger partial charge is 0.191 e. The molecule has 0 aromatic heterocycles. The van der Waals surface area contributed by atoms with Gasteiger partial charge in [-0.25, -0.2) is 0 Å². The molecule has 0 spiro atoms. The van der Waals surface area contributed by atoms with Crippen LogP contribution in [-0.2, 0) is 4.43 Å². The summed E-state index contributed by atoms with van der Waals surface area (Å²) in [6.07, 6.45) is 8.95. The minimum Gasteiger partial charge on any atom is -0.417 e. The third-order valence-electron chi connectivity index (χ3n) is 10.7. The molecule has 4 heteroatoms. The Balaban J connectivity index is 1.87. The summed E-state index contributed by atoms with van der Waals surface area (Å²) in [6, 6.07) is 0. The highest BCUT2D eigenvalue weighted by atomic mass is 28.4. The molecule has 3 fully saturated rings. The fourth-order valence-electron chi connectivity index (χ4n) is 7.28. The average Bonchev–Trinajstić information content (AvgIpc) is 2.97. The van der Waals surface area contributed by atoms with Gasteiger partial charge in [-0.15, -0.1) is 0 Å². The summed E-state index contributed by atoms with van der Waals surface area (Å²) in [5.74, 6) is 2.52. The first-order valence-corrected chi connectivity index (χ1v) is 15.9. The van der Waals surface area contributed by atoms with Gasteiger partial charge >= 0.3 is 0 Å². The number of hydrogen-bond acceptors (Lipinski definition) is 3. The van der Waals surface area contributed by atoms with Crippen LogP contribution in [0.2, 0.25) is 18.1 Å². The number of aliphatic hydroxyl groups excluding tert-OH is 1. The van der Waals surface area contributed by atoms with Gasteiger partial charge in [-0.3, -0.25) is 0 Å². The zero-order valence-corrected chi connectivity index (χ0v) is 22.6. The van der Waals surface area contributed by atoms with E-state index >= 15 is 0 Å². The van der Waals surface area contributed by atoms with Crippen LogP contribution in [0.1, 0.15) is 86.0 Å². The summed E-state index contributed by atoms with van der Waals surface area (Å²) in [5.41, 5.74) is 8.22. The van der Waals surface area contributed by atoms with Gasteiger partial charge in [0, 0.05) is 6.61 Å². The molecule has 0 heterocycles. The van der Waals surface area contributed by atoms with E-state index in [4.69, 9.17) is 10.2 Å². The van der Waals surface area contributed by atoms with Gasteiger partial charge in [0.25, 0.3) is 0 Å². The minimum atomic E-state index is -1.81. The van der Waals surface area contributed by atoms with Crippen molar-refractivity contribution < 1.29 is 9.53 Å². The van der Waals surface area contributed by atoms with Crippen molar-refractivity contribution in [2.45, 2.75) is 110 Å². The molecule has 3 nitrogen and oxygen atoms in total. The first-order chi connectivity index (χ1) is 14.3. The van der Waals surface area contributed by atoms with E-state index in [-0.39, 0.29) is 16.6 Å². The molecule has 0 unspecified atom stereocenters. The Morgan fingerprint density at radius 1 is 1.13 bits per heavy atom. The molecule has 3 aliphatic carbocycles. The van der Waals surface area contributed by atoms with Gasteiger partial charge in [-0.05, 0) is 111 Å². The fraction of sp³-hybridized carbons (Fsp3) is 0.926. The number of hydrogen-bond donors (Lipinski definition) is 2. The van der Waals surface area contributed by atoms with E-state index in [0.29, 0.717) is 23.2 Å². The van der Waals surface area contributed by atoms with Crippen molar-refractivity contribution in [3.8, 4) is 0 Å². The van der Waals surface area contributed by atoms with Gasteiger partial charge in [-0.1, -0.05) is 46.8 Å². The molecule has 0 bridgehead atoms. The number of allylic oxidation sites excluding steroid dienone is 1. The summed E-state index contributed by atoms with van der Waals surface area (Å²) in [5, 5.41) is 10.8. The molecule has 3 saturated carbocycles. The molecule has 3 rings (SSSR count). The molecule has 0 radical (unpaired) electrons. The molecule has 3 N–H and O–H groups in total. The quantitative estimate of drug-likeness (QED) is 0.358. The Morgan fingerprint density at radius 2 is 1.81 bits per heavy atom. The summed E-state index contributed by atoms with van der Waals surface area (Å²) >= 11 is 0.